The van der Waals surface area contributed by atoms with Gasteiger partial charge in [-0.15, -0.1) is 0 Å². The SMILES string of the molecule is O=C(/C=C/c1ccccc1)NCc1nc(-c2ccc3c(c2)OCO3)no1. The van der Waals surface area contributed by atoms with E-state index in [0.717, 1.165) is 11.1 Å². The van der Waals surface area contributed by atoms with E-state index in [0.29, 0.717) is 23.2 Å². The molecule has 3 aromatic rings. The van der Waals surface area contributed by atoms with Crippen molar-refractivity contribution in [1.82, 2.24) is 15.5 Å². The van der Waals surface area contributed by atoms with E-state index < -0.39 is 0 Å². The monoisotopic (exact) mass is 349 g/mol. The van der Waals surface area contributed by atoms with E-state index in [9.17, 15) is 4.79 Å². The molecule has 0 radical (unpaired) electrons. The fraction of sp³-hybridized carbons (Fsp3) is 0.105. The van der Waals surface area contributed by atoms with Crippen molar-refractivity contribution in [3.63, 3.8) is 0 Å². The number of aromatic nitrogens is 2. The van der Waals surface area contributed by atoms with Crippen LogP contribution in [0.5, 0.6) is 11.5 Å². The highest BCUT2D eigenvalue weighted by Crippen LogP contribution is 2.35. The van der Waals surface area contributed by atoms with Crippen molar-refractivity contribution in [3.05, 3.63) is 66.1 Å². The molecule has 2 aromatic carbocycles. The molecule has 1 aliphatic rings. The largest absolute Gasteiger partial charge is 0.454 e. The Kier molecular flexibility index (Phi) is 4.34. The smallest absolute Gasteiger partial charge is 0.246 e. The topological polar surface area (TPSA) is 86.5 Å². The first-order valence-corrected chi connectivity index (χ1v) is 8.01. The predicted molar refractivity (Wildman–Crippen MR) is 93.2 cm³/mol. The number of carbonyl (C=O) groups excluding carboxylic acids is 1. The van der Waals surface area contributed by atoms with Crippen LogP contribution in [0.4, 0.5) is 0 Å². The molecule has 1 N–H and O–H groups in total. The van der Waals surface area contributed by atoms with Gasteiger partial charge in [-0.3, -0.25) is 4.79 Å². The Bertz CT molecular complexity index is 950. The maximum Gasteiger partial charge on any atom is 0.246 e. The van der Waals surface area contributed by atoms with E-state index >= 15 is 0 Å². The third-order valence-electron chi connectivity index (χ3n) is 3.74. The second-order valence-electron chi connectivity index (χ2n) is 5.54. The fourth-order valence-electron chi connectivity index (χ4n) is 2.44. The Hall–Kier alpha value is -3.61. The van der Waals surface area contributed by atoms with E-state index in [1.165, 1.54) is 6.08 Å². The number of ether oxygens (including phenoxy) is 2. The van der Waals surface area contributed by atoms with Crippen molar-refractivity contribution < 1.29 is 18.8 Å². The van der Waals surface area contributed by atoms with Crippen LogP contribution in [0.3, 0.4) is 0 Å². The van der Waals surface area contributed by atoms with Gasteiger partial charge in [0, 0.05) is 11.6 Å². The Balaban J connectivity index is 1.36. The molecule has 0 atom stereocenters. The summed E-state index contributed by atoms with van der Waals surface area (Å²) in [6.45, 7) is 0.355. The summed E-state index contributed by atoms with van der Waals surface area (Å²) in [6.07, 6.45) is 3.20. The zero-order chi connectivity index (χ0) is 17.8. The number of nitrogens with zero attached hydrogens (tertiary/aromatic N) is 2. The Morgan fingerprint density at radius 3 is 2.85 bits per heavy atom. The van der Waals surface area contributed by atoms with Crippen molar-refractivity contribution in [1.29, 1.82) is 0 Å². The molecule has 0 unspecified atom stereocenters. The van der Waals surface area contributed by atoms with Gasteiger partial charge in [0.25, 0.3) is 0 Å². The molecule has 2 heterocycles. The van der Waals surface area contributed by atoms with Gasteiger partial charge < -0.3 is 19.3 Å². The lowest BCUT2D eigenvalue weighted by atomic mass is 10.2. The van der Waals surface area contributed by atoms with E-state index in [1.54, 1.807) is 18.2 Å². The number of rotatable bonds is 5. The minimum atomic E-state index is -0.239. The van der Waals surface area contributed by atoms with Crippen molar-refractivity contribution in [2.75, 3.05) is 6.79 Å². The lowest BCUT2D eigenvalue weighted by Gasteiger charge is -1.98. The second kappa shape index (κ2) is 7.10. The number of hydrogen-bond acceptors (Lipinski definition) is 6. The van der Waals surface area contributed by atoms with Crippen LogP contribution in [0.25, 0.3) is 17.5 Å². The number of amides is 1. The summed E-state index contributed by atoms with van der Waals surface area (Å²) in [6, 6.07) is 15.0. The van der Waals surface area contributed by atoms with E-state index in [2.05, 4.69) is 15.5 Å². The highest BCUT2D eigenvalue weighted by atomic mass is 16.7. The number of hydrogen-bond donors (Lipinski definition) is 1. The Morgan fingerprint density at radius 2 is 1.96 bits per heavy atom. The molecule has 130 valence electrons. The normalized spacial score (nSPS) is 12.5. The average molecular weight is 349 g/mol. The molecule has 0 saturated carbocycles. The van der Waals surface area contributed by atoms with Gasteiger partial charge in [0.1, 0.15) is 0 Å². The maximum atomic E-state index is 11.9. The van der Waals surface area contributed by atoms with Gasteiger partial charge in [-0.2, -0.15) is 4.98 Å². The third kappa shape index (κ3) is 3.56. The average Bonchev–Trinajstić information content (AvgIpc) is 3.34. The summed E-state index contributed by atoms with van der Waals surface area (Å²) in [5, 5.41) is 6.64. The van der Waals surface area contributed by atoms with Gasteiger partial charge in [-0.1, -0.05) is 35.5 Å². The standard InChI is InChI=1S/C19H15N3O4/c23-17(9-6-13-4-2-1-3-5-13)20-11-18-21-19(22-26-18)14-7-8-15-16(10-14)25-12-24-15/h1-10H,11-12H2,(H,20,23)/b9-6+. The van der Waals surface area contributed by atoms with Gasteiger partial charge in [0.05, 0.1) is 6.54 Å². The zero-order valence-electron chi connectivity index (χ0n) is 13.7. The molecule has 7 heteroatoms. The summed E-state index contributed by atoms with van der Waals surface area (Å²) < 4.78 is 15.8. The zero-order valence-corrected chi connectivity index (χ0v) is 13.7. The molecule has 4 rings (SSSR count). The second-order valence-corrected chi connectivity index (χ2v) is 5.54. The quantitative estimate of drug-likeness (QED) is 0.713. The molecular formula is C19H15N3O4. The molecule has 1 amide bonds. The summed E-state index contributed by atoms with van der Waals surface area (Å²) >= 11 is 0. The molecule has 1 aliphatic heterocycles. The third-order valence-corrected chi connectivity index (χ3v) is 3.74. The van der Waals surface area contributed by atoms with Crippen LogP contribution in [0.2, 0.25) is 0 Å². The highest BCUT2D eigenvalue weighted by molar-refractivity contribution is 5.91. The molecule has 0 spiro atoms. The lowest BCUT2D eigenvalue weighted by molar-refractivity contribution is -0.116. The highest BCUT2D eigenvalue weighted by Gasteiger charge is 2.16. The van der Waals surface area contributed by atoms with Gasteiger partial charge >= 0.3 is 0 Å². The van der Waals surface area contributed by atoms with Crippen LogP contribution in [0.15, 0.2) is 59.1 Å². The molecule has 0 aliphatic carbocycles. The van der Waals surface area contributed by atoms with Gasteiger partial charge in [-0.25, -0.2) is 0 Å². The molecular weight excluding hydrogens is 334 g/mol. The molecule has 1 aromatic heterocycles. The maximum absolute atomic E-state index is 11.9. The van der Waals surface area contributed by atoms with Crippen molar-refractivity contribution in [3.8, 4) is 22.9 Å². The van der Waals surface area contributed by atoms with Crippen LogP contribution < -0.4 is 14.8 Å². The summed E-state index contributed by atoms with van der Waals surface area (Å²) in [4.78, 5) is 16.2. The first-order valence-electron chi connectivity index (χ1n) is 8.01. The lowest BCUT2D eigenvalue weighted by Crippen LogP contribution is -2.20. The predicted octanol–water partition coefficient (Wildman–Crippen LogP) is 2.79. The van der Waals surface area contributed by atoms with Crippen LogP contribution in [0.1, 0.15) is 11.5 Å². The number of nitrogens with one attached hydrogen (secondary N) is 1. The van der Waals surface area contributed by atoms with Crippen molar-refractivity contribution in [2.24, 2.45) is 0 Å². The van der Waals surface area contributed by atoms with Crippen molar-refractivity contribution in [2.45, 2.75) is 6.54 Å². The van der Waals surface area contributed by atoms with Crippen LogP contribution in [-0.2, 0) is 11.3 Å². The molecule has 26 heavy (non-hydrogen) atoms. The molecule has 7 nitrogen and oxygen atoms in total. The van der Waals surface area contributed by atoms with Gasteiger partial charge in [0.15, 0.2) is 11.5 Å². The van der Waals surface area contributed by atoms with Crippen LogP contribution in [0, 0.1) is 0 Å². The number of benzene rings is 2. The summed E-state index contributed by atoms with van der Waals surface area (Å²) in [5.41, 5.74) is 1.70. The first-order chi connectivity index (χ1) is 12.8. The summed E-state index contributed by atoms with van der Waals surface area (Å²) in [5.74, 6) is 1.84. The minimum absolute atomic E-state index is 0.148. The Morgan fingerprint density at radius 1 is 1.12 bits per heavy atom. The van der Waals surface area contributed by atoms with Crippen molar-refractivity contribution >= 4 is 12.0 Å². The van der Waals surface area contributed by atoms with E-state index in [-0.39, 0.29) is 19.2 Å². The first kappa shape index (κ1) is 15.9. The Labute approximate surface area is 149 Å². The molecule has 0 fully saturated rings. The van der Waals surface area contributed by atoms with Gasteiger partial charge in [-0.05, 0) is 29.8 Å². The number of carbonyl (C=O) groups is 1. The fourth-order valence-corrected chi connectivity index (χ4v) is 2.44. The van der Waals surface area contributed by atoms with E-state index in [1.807, 2.05) is 36.4 Å². The van der Waals surface area contributed by atoms with Gasteiger partial charge in [0.2, 0.25) is 24.4 Å². The van der Waals surface area contributed by atoms with Crippen LogP contribution >= 0.6 is 0 Å². The molecule has 0 bridgehead atoms. The van der Waals surface area contributed by atoms with E-state index in [4.69, 9.17) is 14.0 Å². The number of fused-ring (bicyclic) bond motifs is 1. The van der Waals surface area contributed by atoms with Crippen LogP contribution in [-0.4, -0.2) is 22.8 Å². The summed E-state index contributed by atoms with van der Waals surface area (Å²) in [7, 11) is 0. The molecule has 0 saturated heterocycles. The minimum Gasteiger partial charge on any atom is -0.454 e.